The van der Waals surface area contributed by atoms with Gasteiger partial charge in [-0.3, -0.25) is 4.79 Å². The zero-order valence-electron chi connectivity index (χ0n) is 15.8. The van der Waals surface area contributed by atoms with E-state index in [4.69, 9.17) is 4.74 Å². The third-order valence-corrected chi connectivity index (χ3v) is 5.29. The number of aryl methyl sites for hydroxylation is 1. The molecule has 7 heteroatoms. The number of aromatic nitrogens is 3. The monoisotopic (exact) mass is 382 g/mol. The van der Waals surface area contributed by atoms with Crippen molar-refractivity contribution < 1.29 is 9.53 Å². The summed E-state index contributed by atoms with van der Waals surface area (Å²) in [5.41, 5.74) is 2.79. The maximum Gasteiger partial charge on any atom is 0.237 e. The number of ether oxygens (including phenoxy) is 1. The molecule has 6 nitrogen and oxygen atoms in total. The van der Waals surface area contributed by atoms with Crippen LogP contribution in [-0.2, 0) is 11.8 Å². The first-order valence-corrected chi connectivity index (χ1v) is 9.44. The van der Waals surface area contributed by atoms with Crippen molar-refractivity contribution in [1.29, 1.82) is 0 Å². The standard InChI is InChI=1S/C20H22N4O2S/c1-13-9-11-15(12-10-13)21-19(25)14(2)27-20-23-22-18(24(20)3)16-7-5-6-8-17(16)26-4/h5-12,14H,1-4H3,(H,21,25)/t14-/m1/s1. The van der Waals surface area contributed by atoms with Crippen LogP contribution in [0.1, 0.15) is 12.5 Å². The molecule has 0 aliphatic rings. The summed E-state index contributed by atoms with van der Waals surface area (Å²) in [5, 5.41) is 11.8. The van der Waals surface area contributed by atoms with E-state index in [0.717, 1.165) is 22.6 Å². The van der Waals surface area contributed by atoms with Gasteiger partial charge in [-0.1, -0.05) is 41.6 Å². The van der Waals surface area contributed by atoms with Crippen LogP contribution in [0.2, 0.25) is 0 Å². The van der Waals surface area contributed by atoms with Gasteiger partial charge in [0.2, 0.25) is 5.91 Å². The lowest BCUT2D eigenvalue weighted by Gasteiger charge is -2.12. The number of hydrogen-bond donors (Lipinski definition) is 1. The van der Waals surface area contributed by atoms with Gasteiger partial charge in [-0.05, 0) is 38.1 Å². The molecule has 0 aliphatic heterocycles. The normalized spacial score (nSPS) is 11.9. The van der Waals surface area contributed by atoms with E-state index in [9.17, 15) is 4.79 Å². The number of nitrogens with zero attached hydrogens (tertiary/aromatic N) is 3. The van der Waals surface area contributed by atoms with Crippen molar-refractivity contribution in [3.63, 3.8) is 0 Å². The molecule has 0 radical (unpaired) electrons. The topological polar surface area (TPSA) is 69.0 Å². The summed E-state index contributed by atoms with van der Waals surface area (Å²) in [6.45, 7) is 3.86. The molecule has 3 aromatic rings. The Balaban J connectivity index is 1.73. The third kappa shape index (κ3) is 4.31. The number of para-hydroxylation sites is 1. The van der Waals surface area contributed by atoms with Gasteiger partial charge >= 0.3 is 0 Å². The molecule has 0 aliphatic carbocycles. The van der Waals surface area contributed by atoms with Gasteiger partial charge < -0.3 is 14.6 Å². The highest BCUT2D eigenvalue weighted by atomic mass is 32.2. The van der Waals surface area contributed by atoms with Gasteiger partial charge in [0, 0.05) is 12.7 Å². The Morgan fingerprint density at radius 1 is 1.15 bits per heavy atom. The Morgan fingerprint density at radius 2 is 1.85 bits per heavy atom. The van der Waals surface area contributed by atoms with Gasteiger partial charge in [0.1, 0.15) is 5.75 Å². The van der Waals surface area contributed by atoms with Crippen molar-refractivity contribution >= 4 is 23.4 Å². The molecule has 3 rings (SSSR count). The molecular formula is C20H22N4O2S. The van der Waals surface area contributed by atoms with E-state index in [1.54, 1.807) is 7.11 Å². The van der Waals surface area contributed by atoms with Gasteiger partial charge in [0.15, 0.2) is 11.0 Å². The van der Waals surface area contributed by atoms with Gasteiger partial charge in [-0.2, -0.15) is 0 Å². The molecule has 1 atom stereocenters. The smallest absolute Gasteiger partial charge is 0.237 e. The predicted octanol–water partition coefficient (Wildman–Crippen LogP) is 3.92. The van der Waals surface area contributed by atoms with Crippen molar-refractivity contribution in [1.82, 2.24) is 14.8 Å². The summed E-state index contributed by atoms with van der Waals surface area (Å²) in [6, 6.07) is 15.4. The molecule has 2 aromatic carbocycles. The van der Waals surface area contributed by atoms with E-state index in [1.807, 2.05) is 74.0 Å². The van der Waals surface area contributed by atoms with Crippen molar-refractivity contribution in [3.8, 4) is 17.1 Å². The molecule has 0 saturated heterocycles. The van der Waals surface area contributed by atoms with Crippen LogP contribution in [0, 0.1) is 6.92 Å². The highest BCUT2D eigenvalue weighted by Gasteiger charge is 2.20. The minimum absolute atomic E-state index is 0.0781. The summed E-state index contributed by atoms with van der Waals surface area (Å²) < 4.78 is 7.28. The lowest BCUT2D eigenvalue weighted by Crippen LogP contribution is -2.22. The van der Waals surface area contributed by atoms with E-state index in [0.29, 0.717) is 11.0 Å². The summed E-state index contributed by atoms with van der Waals surface area (Å²) in [5.74, 6) is 1.35. The number of amides is 1. The Morgan fingerprint density at radius 3 is 2.56 bits per heavy atom. The van der Waals surface area contributed by atoms with E-state index in [2.05, 4.69) is 15.5 Å². The number of carbonyl (C=O) groups excluding carboxylic acids is 1. The summed E-state index contributed by atoms with van der Waals surface area (Å²) in [6.07, 6.45) is 0. The van der Waals surface area contributed by atoms with Crippen LogP contribution in [0.15, 0.2) is 53.7 Å². The average Bonchev–Trinajstić information content (AvgIpc) is 3.03. The number of carbonyl (C=O) groups is 1. The summed E-state index contributed by atoms with van der Waals surface area (Å²) in [7, 11) is 3.51. The second-order valence-electron chi connectivity index (χ2n) is 6.18. The fourth-order valence-corrected chi connectivity index (χ4v) is 3.39. The zero-order chi connectivity index (χ0) is 19.4. The molecule has 1 aromatic heterocycles. The number of methoxy groups -OCH3 is 1. The number of hydrogen-bond acceptors (Lipinski definition) is 5. The molecule has 0 fully saturated rings. The Hall–Kier alpha value is -2.80. The molecular weight excluding hydrogens is 360 g/mol. The predicted molar refractivity (Wildman–Crippen MR) is 108 cm³/mol. The van der Waals surface area contributed by atoms with E-state index < -0.39 is 0 Å². The Kier molecular flexibility index (Phi) is 5.81. The first-order valence-electron chi connectivity index (χ1n) is 8.56. The number of thioether (sulfide) groups is 1. The fraction of sp³-hybridized carbons (Fsp3) is 0.250. The number of benzene rings is 2. The lowest BCUT2D eigenvalue weighted by molar-refractivity contribution is -0.115. The molecule has 0 spiro atoms. The number of nitrogens with one attached hydrogen (secondary N) is 1. The molecule has 27 heavy (non-hydrogen) atoms. The van der Waals surface area contributed by atoms with Crippen LogP contribution in [0.3, 0.4) is 0 Å². The SMILES string of the molecule is COc1ccccc1-c1nnc(S[C@H](C)C(=O)Nc2ccc(C)cc2)n1C. The van der Waals surface area contributed by atoms with Crippen LogP contribution >= 0.6 is 11.8 Å². The third-order valence-electron chi connectivity index (χ3n) is 4.15. The highest BCUT2D eigenvalue weighted by molar-refractivity contribution is 8.00. The van der Waals surface area contributed by atoms with Crippen molar-refractivity contribution in [2.24, 2.45) is 7.05 Å². The van der Waals surface area contributed by atoms with Crippen LogP contribution < -0.4 is 10.1 Å². The van der Waals surface area contributed by atoms with Gasteiger partial charge in [-0.25, -0.2) is 0 Å². The van der Waals surface area contributed by atoms with Crippen LogP contribution in [0.25, 0.3) is 11.4 Å². The summed E-state index contributed by atoms with van der Waals surface area (Å²) in [4.78, 5) is 12.5. The fourth-order valence-electron chi connectivity index (χ4n) is 2.57. The number of anilines is 1. The van der Waals surface area contributed by atoms with Gasteiger partial charge in [0.05, 0.1) is 17.9 Å². The second-order valence-corrected chi connectivity index (χ2v) is 7.49. The maximum absolute atomic E-state index is 12.5. The minimum atomic E-state index is -0.320. The molecule has 0 bridgehead atoms. The minimum Gasteiger partial charge on any atom is -0.496 e. The highest BCUT2D eigenvalue weighted by Crippen LogP contribution is 2.31. The van der Waals surface area contributed by atoms with Crippen LogP contribution in [-0.4, -0.2) is 33.0 Å². The molecule has 1 heterocycles. The van der Waals surface area contributed by atoms with Crippen molar-refractivity contribution in [3.05, 3.63) is 54.1 Å². The van der Waals surface area contributed by atoms with Crippen molar-refractivity contribution in [2.75, 3.05) is 12.4 Å². The second kappa shape index (κ2) is 8.26. The van der Waals surface area contributed by atoms with Crippen LogP contribution in [0.5, 0.6) is 5.75 Å². The first-order chi connectivity index (χ1) is 13.0. The molecule has 0 saturated carbocycles. The first kappa shape index (κ1) is 19.0. The van der Waals surface area contributed by atoms with Crippen molar-refractivity contribution in [2.45, 2.75) is 24.3 Å². The summed E-state index contributed by atoms with van der Waals surface area (Å²) >= 11 is 1.37. The molecule has 1 N–H and O–H groups in total. The molecule has 1 amide bonds. The molecule has 0 unspecified atom stereocenters. The van der Waals surface area contributed by atoms with E-state index >= 15 is 0 Å². The quantitative estimate of drug-likeness (QED) is 0.655. The Bertz CT molecular complexity index is 937. The van der Waals surface area contributed by atoms with Gasteiger partial charge in [0.25, 0.3) is 0 Å². The van der Waals surface area contributed by atoms with Gasteiger partial charge in [-0.15, -0.1) is 10.2 Å². The average molecular weight is 382 g/mol. The lowest BCUT2D eigenvalue weighted by atomic mass is 10.2. The largest absolute Gasteiger partial charge is 0.496 e. The zero-order valence-corrected chi connectivity index (χ0v) is 16.6. The van der Waals surface area contributed by atoms with E-state index in [1.165, 1.54) is 11.8 Å². The number of rotatable bonds is 6. The van der Waals surface area contributed by atoms with E-state index in [-0.39, 0.29) is 11.2 Å². The molecule has 140 valence electrons. The maximum atomic E-state index is 12.5. The Labute approximate surface area is 163 Å². The van der Waals surface area contributed by atoms with Crippen LogP contribution in [0.4, 0.5) is 5.69 Å².